The zero-order valence-corrected chi connectivity index (χ0v) is 16.6. The van der Waals surface area contributed by atoms with Crippen LogP contribution in [0.1, 0.15) is 15.8 Å². The molecule has 1 aromatic carbocycles. The maximum atomic E-state index is 14.1. The molecule has 0 aliphatic carbocycles. The van der Waals surface area contributed by atoms with Crippen molar-refractivity contribution in [2.75, 3.05) is 18.1 Å². The molecular formula is C17H16FN5OS3. The van der Waals surface area contributed by atoms with Gasteiger partial charge in [-0.25, -0.2) is 9.07 Å². The predicted octanol–water partition coefficient (Wildman–Crippen LogP) is 3.29. The molecule has 27 heavy (non-hydrogen) atoms. The molecule has 4 rings (SSSR count). The summed E-state index contributed by atoms with van der Waals surface area (Å²) in [6.07, 6.45) is 0. The van der Waals surface area contributed by atoms with Crippen molar-refractivity contribution >= 4 is 40.8 Å². The Hall–Kier alpha value is -1.91. The quantitative estimate of drug-likeness (QED) is 0.569. The first-order valence-corrected chi connectivity index (χ1v) is 11.2. The van der Waals surface area contributed by atoms with Gasteiger partial charge in [0, 0.05) is 22.7 Å². The highest BCUT2D eigenvalue weighted by atomic mass is 32.2. The largest absolute Gasteiger partial charge is 0.325 e. The number of amides is 1. The predicted molar refractivity (Wildman–Crippen MR) is 105 cm³/mol. The van der Waals surface area contributed by atoms with E-state index in [1.807, 2.05) is 17.5 Å². The fraction of sp³-hybridized carbons (Fsp3) is 0.294. The maximum Gasteiger partial charge on any atom is 0.234 e. The Morgan fingerprint density at radius 3 is 3.00 bits per heavy atom. The molecule has 3 aromatic rings. The van der Waals surface area contributed by atoms with Crippen molar-refractivity contribution in [3.8, 4) is 0 Å². The van der Waals surface area contributed by atoms with E-state index in [1.165, 1.54) is 17.8 Å². The fourth-order valence-corrected chi connectivity index (χ4v) is 5.56. The van der Waals surface area contributed by atoms with Crippen molar-refractivity contribution in [3.05, 3.63) is 58.0 Å². The standard InChI is InChI=1S/C17H16FN5OS3/c18-14-6-2-1-5-13(14)16-22(7-9-26-16)15(24)11-27-17-19-20-21-23(17)10-12-4-3-8-25-12/h1-6,8,16H,7,9-11H2/t16-/m0/s1. The monoisotopic (exact) mass is 421 g/mol. The second-order valence-electron chi connectivity index (χ2n) is 5.82. The van der Waals surface area contributed by atoms with Gasteiger partial charge in [-0.2, -0.15) is 0 Å². The molecule has 0 N–H and O–H groups in total. The third kappa shape index (κ3) is 4.17. The van der Waals surface area contributed by atoms with Gasteiger partial charge in [0.1, 0.15) is 11.2 Å². The van der Waals surface area contributed by atoms with Crippen molar-refractivity contribution in [1.29, 1.82) is 0 Å². The SMILES string of the molecule is O=C(CSc1nnnn1Cc1cccs1)N1CCS[C@H]1c1ccccc1F. The number of carbonyl (C=O) groups excluding carboxylic acids is 1. The Bertz CT molecular complexity index is 917. The van der Waals surface area contributed by atoms with Gasteiger partial charge in [-0.15, -0.1) is 28.2 Å². The van der Waals surface area contributed by atoms with Gasteiger partial charge in [0.2, 0.25) is 11.1 Å². The van der Waals surface area contributed by atoms with Crippen molar-refractivity contribution < 1.29 is 9.18 Å². The van der Waals surface area contributed by atoms with E-state index in [1.54, 1.807) is 50.9 Å². The highest BCUT2D eigenvalue weighted by Crippen LogP contribution is 2.39. The molecule has 0 saturated carbocycles. The van der Waals surface area contributed by atoms with Gasteiger partial charge in [0.05, 0.1) is 12.3 Å². The first kappa shape index (κ1) is 18.5. The third-order valence-corrected chi connectivity index (χ3v) is 7.14. The van der Waals surface area contributed by atoms with Crippen LogP contribution in [0.25, 0.3) is 0 Å². The van der Waals surface area contributed by atoms with Crippen LogP contribution in [0.15, 0.2) is 46.9 Å². The van der Waals surface area contributed by atoms with E-state index in [0.29, 0.717) is 23.8 Å². The Kier molecular flexibility index (Phi) is 5.74. The summed E-state index contributed by atoms with van der Waals surface area (Å²) >= 11 is 4.53. The van der Waals surface area contributed by atoms with E-state index in [4.69, 9.17) is 0 Å². The molecule has 1 amide bonds. The zero-order chi connectivity index (χ0) is 18.6. The molecule has 6 nitrogen and oxygen atoms in total. The van der Waals surface area contributed by atoms with E-state index < -0.39 is 0 Å². The molecule has 0 bridgehead atoms. The van der Waals surface area contributed by atoms with Crippen molar-refractivity contribution in [3.63, 3.8) is 0 Å². The average Bonchev–Trinajstić information content (AvgIpc) is 3.43. The number of hydrogen-bond acceptors (Lipinski definition) is 7. The summed E-state index contributed by atoms with van der Waals surface area (Å²) in [5.74, 6) is 0.702. The number of benzene rings is 1. The molecule has 1 aliphatic rings. The van der Waals surface area contributed by atoms with Crippen molar-refractivity contribution in [2.24, 2.45) is 0 Å². The number of halogens is 1. The number of thioether (sulfide) groups is 2. The lowest BCUT2D eigenvalue weighted by atomic mass is 10.2. The van der Waals surface area contributed by atoms with Gasteiger partial charge in [-0.3, -0.25) is 4.79 Å². The topological polar surface area (TPSA) is 63.9 Å². The molecule has 1 saturated heterocycles. The molecule has 0 unspecified atom stereocenters. The molecular weight excluding hydrogens is 405 g/mol. The lowest BCUT2D eigenvalue weighted by Gasteiger charge is -2.24. The van der Waals surface area contributed by atoms with Gasteiger partial charge >= 0.3 is 0 Å². The number of carbonyl (C=O) groups is 1. The third-order valence-electron chi connectivity index (χ3n) is 4.09. The van der Waals surface area contributed by atoms with Crippen LogP contribution in [0.2, 0.25) is 0 Å². The van der Waals surface area contributed by atoms with Gasteiger partial charge in [0.15, 0.2) is 0 Å². The van der Waals surface area contributed by atoms with E-state index in [2.05, 4.69) is 15.5 Å². The number of thiophene rings is 1. The summed E-state index contributed by atoms with van der Waals surface area (Å²) in [4.78, 5) is 15.6. The minimum atomic E-state index is -0.276. The average molecular weight is 422 g/mol. The van der Waals surface area contributed by atoms with E-state index in [0.717, 1.165) is 10.6 Å². The molecule has 1 aliphatic heterocycles. The maximum absolute atomic E-state index is 14.1. The molecule has 140 valence electrons. The summed E-state index contributed by atoms with van der Waals surface area (Å²) in [5, 5.41) is 14.1. The van der Waals surface area contributed by atoms with Gasteiger partial charge < -0.3 is 4.90 Å². The number of aromatic nitrogens is 4. The molecule has 10 heteroatoms. The zero-order valence-electron chi connectivity index (χ0n) is 14.2. The molecule has 1 fully saturated rings. The normalized spacial score (nSPS) is 16.8. The Labute approximate surface area is 168 Å². The van der Waals surface area contributed by atoms with E-state index in [-0.39, 0.29) is 22.9 Å². The van der Waals surface area contributed by atoms with Crippen molar-refractivity contribution in [2.45, 2.75) is 17.1 Å². The highest BCUT2D eigenvalue weighted by Gasteiger charge is 2.32. The highest BCUT2D eigenvalue weighted by molar-refractivity contribution is 8.00. The smallest absolute Gasteiger partial charge is 0.234 e. The number of tetrazole rings is 1. The van der Waals surface area contributed by atoms with Crippen LogP contribution in [0.4, 0.5) is 4.39 Å². The van der Waals surface area contributed by atoms with Crippen LogP contribution < -0.4 is 0 Å². The minimum Gasteiger partial charge on any atom is -0.325 e. The number of rotatable bonds is 6. The van der Waals surface area contributed by atoms with Crippen LogP contribution in [-0.2, 0) is 11.3 Å². The molecule has 0 spiro atoms. The summed E-state index contributed by atoms with van der Waals surface area (Å²) in [6.45, 7) is 1.20. The van der Waals surface area contributed by atoms with Crippen LogP contribution in [0.5, 0.6) is 0 Å². The fourth-order valence-electron chi connectivity index (χ4n) is 2.82. The molecule has 1 atom stereocenters. The molecule has 2 aromatic heterocycles. The summed E-state index contributed by atoms with van der Waals surface area (Å²) < 4.78 is 15.8. The van der Waals surface area contributed by atoms with Crippen LogP contribution >= 0.6 is 34.9 Å². The lowest BCUT2D eigenvalue weighted by molar-refractivity contribution is -0.128. The Morgan fingerprint density at radius 1 is 1.30 bits per heavy atom. The van der Waals surface area contributed by atoms with Crippen LogP contribution in [0, 0.1) is 5.82 Å². The Morgan fingerprint density at radius 2 is 2.19 bits per heavy atom. The molecule has 3 heterocycles. The second-order valence-corrected chi connectivity index (χ2v) is 8.98. The summed E-state index contributed by atoms with van der Waals surface area (Å²) in [7, 11) is 0. The summed E-state index contributed by atoms with van der Waals surface area (Å²) in [5.41, 5.74) is 0.556. The van der Waals surface area contributed by atoms with Gasteiger partial charge in [-0.1, -0.05) is 36.0 Å². The van der Waals surface area contributed by atoms with Crippen LogP contribution in [-0.4, -0.2) is 49.1 Å². The van der Waals surface area contributed by atoms with Crippen molar-refractivity contribution in [1.82, 2.24) is 25.1 Å². The van der Waals surface area contributed by atoms with Crippen LogP contribution in [0.3, 0.4) is 0 Å². The molecule has 0 radical (unpaired) electrons. The number of nitrogens with zero attached hydrogens (tertiary/aromatic N) is 5. The second kappa shape index (κ2) is 8.41. The van der Waals surface area contributed by atoms with E-state index in [9.17, 15) is 9.18 Å². The lowest BCUT2D eigenvalue weighted by Crippen LogP contribution is -2.32. The van der Waals surface area contributed by atoms with E-state index >= 15 is 0 Å². The number of hydrogen-bond donors (Lipinski definition) is 0. The van der Waals surface area contributed by atoms with Gasteiger partial charge in [0.25, 0.3) is 0 Å². The summed E-state index contributed by atoms with van der Waals surface area (Å²) in [6, 6.07) is 10.6. The minimum absolute atomic E-state index is 0.0380. The first-order valence-electron chi connectivity index (χ1n) is 8.29. The van der Waals surface area contributed by atoms with Gasteiger partial charge in [-0.05, 0) is 27.9 Å². The Balaban J connectivity index is 1.41. The first-order chi connectivity index (χ1) is 13.2.